The molecular formula is C12H21N. The Morgan fingerprint density at radius 3 is 2.23 bits per heavy atom. The molecule has 1 aromatic rings. The molecule has 0 atom stereocenters. The van der Waals surface area contributed by atoms with Gasteiger partial charge in [0.2, 0.25) is 0 Å². The summed E-state index contributed by atoms with van der Waals surface area (Å²) in [6, 6.07) is 4.41. The van der Waals surface area contributed by atoms with Crippen LogP contribution in [-0.2, 0) is 7.05 Å². The van der Waals surface area contributed by atoms with Crippen LogP contribution in [0, 0.1) is 0 Å². The molecule has 0 aliphatic carbocycles. The third-order valence-corrected chi connectivity index (χ3v) is 2.68. The van der Waals surface area contributed by atoms with Crippen LogP contribution in [0.4, 0.5) is 0 Å². The lowest BCUT2D eigenvalue weighted by Crippen LogP contribution is -2.03. The summed E-state index contributed by atoms with van der Waals surface area (Å²) in [5.41, 5.74) is 1.50. The van der Waals surface area contributed by atoms with Crippen LogP contribution in [0.1, 0.15) is 51.1 Å². The number of aryl methyl sites for hydroxylation is 1. The molecule has 1 heterocycles. The van der Waals surface area contributed by atoms with Gasteiger partial charge in [0, 0.05) is 18.9 Å². The van der Waals surface area contributed by atoms with Gasteiger partial charge in [-0.2, -0.15) is 0 Å². The zero-order valence-corrected chi connectivity index (χ0v) is 9.09. The second-order valence-electron chi connectivity index (χ2n) is 3.82. The van der Waals surface area contributed by atoms with E-state index in [9.17, 15) is 0 Å². The fourth-order valence-corrected chi connectivity index (χ4v) is 2.04. The van der Waals surface area contributed by atoms with Crippen LogP contribution in [0.3, 0.4) is 0 Å². The van der Waals surface area contributed by atoms with Crippen molar-refractivity contribution < 1.29 is 0 Å². The maximum absolute atomic E-state index is 2.27. The molecule has 0 spiro atoms. The molecule has 0 amide bonds. The lowest BCUT2D eigenvalue weighted by atomic mass is 9.95. The molecule has 1 nitrogen and oxygen atoms in total. The van der Waals surface area contributed by atoms with Crippen molar-refractivity contribution in [3.8, 4) is 0 Å². The van der Waals surface area contributed by atoms with Gasteiger partial charge in [0.25, 0.3) is 0 Å². The van der Waals surface area contributed by atoms with Crippen molar-refractivity contribution >= 4 is 0 Å². The average Bonchev–Trinajstić information content (AvgIpc) is 2.51. The van der Waals surface area contributed by atoms with Gasteiger partial charge in [-0.25, -0.2) is 0 Å². The van der Waals surface area contributed by atoms with Crippen LogP contribution in [0.2, 0.25) is 0 Å². The first-order chi connectivity index (χ1) is 6.29. The molecule has 0 aromatic carbocycles. The van der Waals surface area contributed by atoms with Crippen molar-refractivity contribution in [3.05, 3.63) is 24.0 Å². The van der Waals surface area contributed by atoms with E-state index in [4.69, 9.17) is 0 Å². The Labute approximate surface area is 81.8 Å². The van der Waals surface area contributed by atoms with E-state index in [0.29, 0.717) is 0 Å². The van der Waals surface area contributed by atoms with Crippen molar-refractivity contribution in [1.82, 2.24) is 4.57 Å². The van der Waals surface area contributed by atoms with Crippen LogP contribution >= 0.6 is 0 Å². The van der Waals surface area contributed by atoms with E-state index >= 15 is 0 Å². The summed E-state index contributed by atoms with van der Waals surface area (Å²) in [7, 11) is 2.15. The molecule has 0 N–H and O–H groups in total. The Bertz CT molecular complexity index is 231. The van der Waals surface area contributed by atoms with Gasteiger partial charge in [-0.05, 0) is 30.9 Å². The molecule has 0 radical (unpaired) electrons. The second kappa shape index (κ2) is 5.11. The smallest absolute Gasteiger partial charge is 0.0202 e. The van der Waals surface area contributed by atoms with Gasteiger partial charge < -0.3 is 4.57 Å². The molecular weight excluding hydrogens is 158 g/mol. The Morgan fingerprint density at radius 1 is 1.23 bits per heavy atom. The summed E-state index contributed by atoms with van der Waals surface area (Å²) >= 11 is 0. The van der Waals surface area contributed by atoms with Crippen LogP contribution in [0.15, 0.2) is 18.3 Å². The quantitative estimate of drug-likeness (QED) is 0.649. The fourth-order valence-electron chi connectivity index (χ4n) is 2.04. The van der Waals surface area contributed by atoms with Crippen molar-refractivity contribution in [2.24, 2.45) is 7.05 Å². The first-order valence-corrected chi connectivity index (χ1v) is 5.40. The molecule has 0 unspecified atom stereocenters. The topological polar surface area (TPSA) is 4.93 Å². The predicted octanol–water partition coefficient (Wildman–Crippen LogP) is 3.71. The third-order valence-electron chi connectivity index (χ3n) is 2.68. The third kappa shape index (κ3) is 2.61. The molecule has 0 fully saturated rings. The van der Waals surface area contributed by atoms with Gasteiger partial charge >= 0.3 is 0 Å². The zero-order chi connectivity index (χ0) is 9.68. The Morgan fingerprint density at radius 2 is 1.85 bits per heavy atom. The molecule has 0 saturated heterocycles. The minimum atomic E-state index is 0.773. The van der Waals surface area contributed by atoms with Crippen LogP contribution in [-0.4, -0.2) is 4.57 Å². The van der Waals surface area contributed by atoms with E-state index in [2.05, 4.69) is 43.8 Å². The highest BCUT2D eigenvalue weighted by Gasteiger charge is 2.11. The van der Waals surface area contributed by atoms with Gasteiger partial charge in [-0.15, -0.1) is 0 Å². The van der Waals surface area contributed by atoms with Gasteiger partial charge in [0.15, 0.2) is 0 Å². The predicted molar refractivity (Wildman–Crippen MR) is 58.0 cm³/mol. The van der Waals surface area contributed by atoms with E-state index in [1.54, 1.807) is 0 Å². The van der Waals surface area contributed by atoms with Crippen molar-refractivity contribution in [1.29, 1.82) is 0 Å². The van der Waals surface area contributed by atoms with E-state index in [0.717, 1.165) is 5.92 Å². The number of aromatic nitrogens is 1. The molecule has 74 valence electrons. The standard InChI is InChI=1S/C12H21N/c1-4-7-11(8-5-2)12-9-6-10-13(12)3/h6,9-11H,4-5,7-8H2,1-3H3. The number of rotatable bonds is 5. The summed E-state index contributed by atoms with van der Waals surface area (Å²) in [6.07, 6.45) is 7.37. The first-order valence-electron chi connectivity index (χ1n) is 5.40. The van der Waals surface area contributed by atoms with Crippen molar-refractivity contribution in [3.63, 3.8) is 0 Å². The first kappa shape index (κ1) is 10.4. The minimum absolute atomic E-state index is 0.773. The lowest BCUT2D eigenvalue weighted by Gasteiger charge is -2.16. The highest BCUT2D eigenvalue weighted by atomic mass is 14.9. The molecule has 1 rings (SSSR count). The average molecular weight is 179 g/mol. The monoisotopic (exact) mass is 179 g/mol. The van der Waals surface area contributed by atoms with Gasteiger partial charge in [0.05, 0.1) is 0 Å². The SMILES string of the molecule is CCCC(CCC)c1cccn1C. The Hall–Kier alpha value is -0.720. The fraction of sp³-hybridized carbons (Fsp3) is 0.667. The van der Waals surface area contributed by atoms with E-state index in [-0.39, 0.29) is 0 Å². The Kier molecular flexibility index (Phi) is 4.07. The maximum Gasteiger partial charge on any atom is 0.0202 e. The van der Waals surface area contributed by atoms with E-state index in [1.165, 1.54) is 31.4 Å². The van der Waals surface area contributed by atoms with Gasteiger partial charge in [0.1, 0.15) is 0 Å². The lowest BCUT2D eigenvalue weighted by molar-refractivity contribution is 0.532. The highest BCUT2D eigenvalue weighted by molar-refractivity contribution is 5.12. The van der Waals surface area contributed by atoms with E-state index in [1.807, 2.05) is 0 Å². The van der Waals surface area contributed by atoms with Gasteiger partial charge in [-0.1, -0.05) is 26.7 Å². The summed E-state index contributed by atoms with van der Waals surface area (Å²) in [5, 5.41) is 0. The van der Waals surface area contributed by atoms with Gasteiger partial charge in [-0.3, -0.25) is 0 Å². The van der Waals surface area contributed by atoms with Crippen LogP contribution in [0.5, 0.6) is 0 Å². The summed E-state index contributed by atoms with van der Waals surface area (Å²) < 4.78 is 2.26. The Balaban J connectivity index is 2.69. The number of hydrogen-bond donors (Lipinski definition) is 0. The second-order valence-corrected chi connectivity index (χ2v) is 3.82. The maximum atomic E-state index is 2.27. The molecule has 13 heavy (non-hydrogen) atoms. The zero-order valence-electron chi connectivity index (χ0n) is 9.09. The minimum Gasteiger partial charge on any atom is -0.354 e. The molecule has 0 saturated carbocycles. The molecule has 0 aliphatic heterocycles. The summed E-state index contributed by atoms with van der Waals surface area (Å²) in [6.45, 7) is 4.54. The molecule has 1 aromatic heterocycles. The van der Waals surface area contributed by atoms with Crippen molar-refractivity contribution in [2.75, 3.05) is 0 Å². The molecule has 0 bridgehead atoms. The van der Waals surface area contributed by atoms with Crippen LogP contribution in [0.25, 0.3) is 0 Å². The van der Waals surface area contributed by atoms with Crippen LogP contribution < -0.4 is 0 Å². The molecule has 1 heteroatoms. The normalized spacial score (nSPS) is 11.1. The summed E-state index contributed by atoms with van der Waals surface area (Å²) in [4.78, 5) is 0. The highest BCUT2D eigenvalue weighted by Crippen LogP contribution is 2.25. The number of hydrogen-bond acceptors (Lipinski definition) is 0. The molecule has 0 aliphatic rings. The van der Waals surface area contributed by atoms with Crippen molar-refractivity contribution in [2.45, 2.75) is 45.4 Å². The van der Waals surface area contributed by atoms with E-state index < -0.39 is 0 Å². The number of nitrogens with zero attached hydrogens (tertiary/aromatic N) is 1. The summed E-state index contributed by atoms with van der Waals surface area (Å²) in [5.74, 6) is 0.773. The largest absolute Gasteiger partial charge is 0.354 e.